The summed E-state index contributed by atoms with van der Waals surface area (Å²) in [5.41, 5.74) is 1.88. The Balaban J connectivity index is 2.23. The Morgan fingerprint density at radius 2 is 2.12 bits per heavy atom. The fourth-order valence-corrected chi connectivity index (χ4v) is 1.44. The minimum atomic E-state index is 0.299. The molecule has 1 heterocycles. The van der Waals surface area contributed by atoms with Gasteiger partial charge >= 0.3 is 0 Å². The van der Waals surface area contributed by atoms with E-state index in [0.29, 0.717) is 6.42 Å². The first-order chi connectivity index (χ1) is 7.90. The van der Waals surface area contributed by atoms with Gasteiger partial charge in [-0.15, -0.1) is 0 Å². The predicted octanol–water partition coefficient (Wildman–Crippen LogP) is 2.42. The van der Waals surface area contributed by atoms with Crippen molar-refractivity contribution in [1.82, 2.24) is 4.98 Å². The number of hydrogen-bond acceptors (Lipinski definition) is 2. The van der Waals surface area contributed by atoms with Crippen LogP contribution in [0.2, 0.25) is 0 Å². The van der Waals surface area contributed by atoms with Gasteiger partial charge in [0.1, 0.15) is 5.82 Å². The minimum absolute atomic E-state index is 0.299. The summed E-state index contributed by atoms with van der Waals surface area (Å²) in [4.78, 5) is 17.6. The van der Waals surface area contributed by atoms with Gasteiger partial charge < -0.3 is 4.98 Å². The third-order valence-electron chi connectivity index (χ3n) is 2.24. The Morgan fingerprint density at radius 1 is 1.25 bits per heavy atom. The molecule has 2 rings (SSSR count). The molecular weight excluding hydrogens is 200 g/mol. The van der Waals surface area contributed by atoms with Crippen molar-refractivity contribution in [2.45, 2.75) is 6.42 Å². The number of nitrogens with one attached hydrogen (secondary N) is 1. The van der Waals surface area contributed by atoms with E-state index in [1.54, 1.807) is 6.21 Å². The molecule has 79 valence electrons. The molecule has 1 N–H and O–H groups in total. The van der Waals surface area contributed by atoms with Gasteiger partial charge in [-0.1, -0.05) is 24.3 Å². The second-order valence-electron chi connectivity index (χ2n) is 3.33. The quantitative estimate of drug-likeness (QED) is 0.775. The third kappa shape index (κ3) is 2.45. The molecule has 3 nitrogen and oxygen atoms in total. The summed E-state index contributed by atoms with van der Waals surface area (Å²) in [6.45, 7) is 0. The van der Waals surface area contributed by atoms with Crippen LogP contribution < -0.4 is 0 Å². The maximum Gasteiger partial charge on any atom is 0.203 e. The summed E-state index contributed by atoms with van der Waals surface area (Å²) in [7, 11) is 0. The maximum absolute atomic E-state index is 10.4. The second kappa shape index (κ2) is 5.07. The molecule has 1 radical (unpaired) electrons. The van der Waals surface area contributed by atoms with E-state index in [1.807, 2.05) is 48.9 Å². The monoisotopic (exact) mass is 211 g/mol. The van der Waals surface area contributed by atoms with Crippen LogP contribution in [0, 0.1) is 0 Å². The van der Waals surface area contributed by atoms with E-state index in [0.717, 1.165) is 16.9 Å². The fraction of sp³-hybridized carbons (Fsp3) is 0.0769. The van der Waals surface area contributed by atoms with Crippen LogP contribution in [0.5, 0.6) is 0 Å². The molecule has 0 atom stereocenters. The van der Waals surface area contributed by atoms with Crippen LogP contribution in [0.25, 0.3) is 0 Å². The second-order valence-corrected chi connectivity index (χ2v) is 3.33. The molecule has 0 fully saturated rings. The summed E-state index contributed by atoms with van der Waals surface area (Å²) in [6, 6.07) is 11.4. The van der Waals surface area contributed by atoms with E-state index in [9.17, 15) is 4.79 Å². The van der Waals surface area contributed by atoms with Gasteiger partial charge in [-0.2, -0.15) is 0 Å². The number of hydrogen-bond donors (Lipinski definition) is 1. The van der Waals surface area contributed by atoms with Gasteiger partial charge in [0.15, 0.2) is 0 Å². The number of aliphatic imine (C=N–C) groups is 1. The minimum Gasteiger partial charge on any atom is -0.347 e. The highest BCUT2D eigenvalue weighted by Crippen LogP contribution is 2.10. The molecule has 16 heavy (non-hydrogen) atoms. The molecule has 0 spiro atoms. The molecule has 3 heteroatoms. The number of H-pyrrole nitrogens is 1. The Kier molecular flexibility index (Phi) is 3.28. The molecule has 0 bridgehead atoms. The number of carbonyl (C=O) groups excluding carboxylic acids is 1. The van der Waals surface area contributed by atoms with Crippen LogP contribution in [-0.2, 0) is 11.2 Å². The van der Waals surface area contributed by atoms with E-state index >= 15 is 0 Å². The van der Waals surface area contributed by atoms with Gasteiger partial charge in [0.25, 0.3) is 0 Å². The van der Waals surface area contributed by atoms with Gasteiger partial charge in [0.05, 0.1) is 0 Å². The van der Waals surface area contributed by atoms with Crippen molar-refractivity contribution in [3.05, 3.63) is 53.7 Å². The average molecular weight is 211 g/mol. The molecule has 0 aliphatic carbocycles. The Morgan fingerprint density at radius 3 is 2.88 bits per heavy atom. The lowest BCUT2D eigenvalue weighted by Gasteiger charge is -1.99. The van der Waals surface area contributed by atoms with Crippen LogP contribution in [0.15, 0.2) is 47.6 Å². The first-order valence-corrected chi connectivity index (χ1v) is 5.00. The van der Waals surface area contributed by atoms with Gasteiger partial charge in [0, 0.05) is 18.8 Å². The van der Waals surface area contributed by atoms with Crippen LogP contribution in [0.3, 0.4) is 0 Å². The highest BCUT2D eigenvalue weighted by atomic mass is 16.1. The lowest BCUT2D eigenvalue weighted by atomic mass is 10.1. The first kappa shape index (κ1) is 10.4. The van der Waals surface area contributed by atoms with Crippen LogP contribution in [-0.4, -0.2) is 17.5 Å². The summed E-state index contributed by atoms with van der Waals surface area (Å²) in [5.74, 6) is 0.796. The number of benzene rings is 1. The predicted molar refractivity (Wildman–Crippen MR) is 63.9 cm³/mol. The van der Waals surface area contributed by atoms with E-state index in [4.69, 9.17) is 0 Å². The first-order valence-electron chi connectivity index (χ1n) is 5.00. The standard InChI is InChI=1S/C13H11N2O/c16-9-7-11-4-1-2-5-12(11)10-15-13-6-3-8-14-13/h1-6,8,10,14H,7H2. The number of aromatic nitrogens is 1. The van der Waals surface area contributed by atoms with E-state index in [2.05, 4.69) is 9.98 Å². The van der Waals surface area contributed by atoms with Crippen LogP contribution in [0.4, 0.5) is 5.82 Å². The molecule has 0 amide bonds. The van der Waals surface area contributed by atoms with Crippen molar-refractivity contribution in [3.63, 3.8) is 0 Å². The number of aromatic amines is 1. The Labute approximate surface area is 93.8 Å². The third-order valence-corrected chi connectivity index (χ3v) is 2.24. The molecule has 0 saturated heterocycles. The highest BCUT2D eigenvalue weighted by Gasteiger charge is 1.98. The number of rotatable bonds is 4. The highest BCUT2D eigenvalue weighted by molar-refractivity contribution is 5.84. The number of nitrogens with zero attached hydrogens (tertiary/aromatic N) is 1. The van der Waals surface area contributed by atoms with Gasteiger partial charge in [-0.3, -0.25) is 4.79 Å². The summed E-state index contributed by atoms with van der Waals surface area (Å²) in [5, 5.41) is 0. The van der Waals surface area contributed by atoms with Gasteiger partial charge in [0.2, 0.25) is 6.29 Å². The molecule has 0 aliphatic heterocycles. The molecule has 2 aromatic rings. The fourth-order valence-electron chi connectivity index (χ4n) is 1.44. The zero-order valence-corrected chi connectivity index (χ0v) is 8.68. The summed E-state index contributed by atoms with van der Waals surface area (Å²) < 4.78 is 0. The van der Waals surface area contributed by atoms with Crippen molar-refractivity contribution < 1.29 is 4.79 Å². The molecular formula is C13H11N2O. The average Bonchev–Trinajstić information content (AvgIpc) is 2.81. The molecule has 0 saturated carbocycles. The lowest BCUT2D eigenvalue weighted by Crippen LogP contribution is -1.93. The summed E-state index contributed by atoms with van der Waals surface area (Å²) >= 11 is 0. The van der Waals surface area contributed by atoms with E-state index in [-0.39, 0.29) is 0 Å². The van der Waals surface area contributed by atoms with Crippen molar-refractivity contribution in [2.24, 2.45) is 4.99 Å². The van der Waals surface area contributed by atoms with Crippen molar-refractivity contribution in [1.29, 1.82) is 0 Å². The zero-order chi connectivity index (χ0) is 11.2. The normalized spacial score (nSPS) is 10.8. The Bertz CT molecular complexity index is 486. The maximum atomic E-state index is 10.4. The van der Waals surface area contributed by atoms with E-state index in [1.165, 1.54) is 0 Å². The van der Waals surface area contributed by atoms with Crippen molar-refractivity contribution in [2.75, 3.05) is 0 Å². The largest absolute Gasteiger partial charge is 0.347 e. The van der Waals surface area contributed by atoms with Crippen LogP contribution >= 0.6 is 0 Å². The zero-order valence-electron chi connectivity index (χ0n) is 8.68. The SMILES string of the molecule is O=[C]Cc1ccccc1C=Nc1ccc[nH]1. The van der Waals surface area contributed by atoms with Crippen molar-refractivity contribution in [3.8, 4) is 0 Å². The summed E-state index contributed by atoms with van der Waals surface area (Å²) in [6.07, 6.45) is 5.76. The van der Waals surface area contributed by atoms with Crippen molar-refractivity contribution >= 4 is 18.3 Å². The van der Waals surface area contributed by atoms with Gasteiger partial charge in [-0.25, -0.2) is 4.99 Å². The topological polar surface area (TPSA) is 45.2 Å². The van der Waals surface area contributed by atoms with E-state index < -0.39 is 0 Å². The Hall–Kier alpha value is -2.16. The van der Waals surface area contributed by atoms with Crippen LogP contribution in [0.1, 0.15) is 11.1 Å². The molecule has 0 unspecified atom stereocenters. The molecule has 0 aliphatic rings. The molecule has 1 aromatic carbocycles. The smallest absolute Gasteiger partial charge is 0.203 e. The van der Waals surface area contributed by atoms with Gasteiger partial charge in [-0.05, 0) is 23.3 Å². The molecule has 1 aromatic heterocycles. The lowest BCUT2D eigenvalue weighted by molar-refractivity contribution is 0.555.